The number of thioether (sulfide) groups is 1. The van der Waals surface area contributed by atoms with Crippen molar-refractivity contribution in [2.24, 2.45) is 7.05 Å². The third kappa shape index (κ3) is 4.10. The highest BCUT2D eigenvalue weighted by Gasteiger charge is 2.31. The Hall–Kier alpha value is -2.26. The van der Waals surface area contributed by atoms with Gasteiger partial charge in [-0.3, -0.25) is 9.69 Å². The van der Waals surface area contributed by atoms with Crippen LogP contribution in [0.1, 0.15) is 12.7 Å². The lowest BCUT2D eigenvalue weighted by atomic mass is 10.3. The second-order valence-electron chi connectivity index (χ2n) is 5.68. The molecular weight excluding hydrogens is 378 g/mol. The Morgan fingerprint density at radius 3 is 2.77 bits per heavy atom. The summed E-state index contributed by atoms with van der Waals surface area (Å²) in [5.74, 6) is 1.06. The molecule has 3 amide bonds. The molecule has 0 aliphatic carbocycles. The van der Waals surface area contributed by atoms with Crippen molar-refractivity contribution >= 4 is 35.3 Å². The molecule has 1 aliphatic rings. The molecular formula is C16H18ClN5O3S. The lowest BCUT2D eigenvalue weighted by Gasteiger charge is -2.16. The Morgan fingerprint density at radius 2 is 2.12 bits per heavy atom. The van der Waals surface area contributed by atoms with Crippen molar-refractivity contribution in [2.75, 3.05) is 13.1 Å². The number of rotatable bonds is 6. The van der Waals surface area contributed by atoms with Crippen molar-refractivity contribution in [1.82, 2.24) is 25.0 Å². The monoisotopic (exact) mass is 395 g/mol. The van der Waals surface area contributed by atoms with E-state index in [9.17, 15) is 9.59 Å². The highest BCUT2D eigenvalue weighted by Crippen LogP contribution is 2.24. The van der Waals surface area contributed by atoms with E-state index < -0.39 is 5.25 Å². The van der Waals surface area contributed by atoms with Crippen LogP contribution in [0.4, 0.5) is 4.79 Å². The van der Waals surface area contributed by atoms with E-state index in [1.165, 1.54) is 16.7 Å². The van der Waals surface area contributed by atoms with Gasteiger partial charge >= 0.3 is 6.03 Å². The van der Waals surface area contributed by atoms with Crippen LogP contribution in [0.25, 0.3) is 0 Å². The summed E-state index contributed by atoms with van der Waals surface area (Å²) in [6.07, 6.45) is 0. The highest BCUT2D eigenvalue weighted by atomic mass is 35.5. The first kappa shape index (κ1) is 18.5. The van der Waals surface area contributed by atoms with Crippen molar-refractivity contribution in [2.45, 2.75) is 23.9 Å². The van der Waals surface area contributed by atoms with E-state index in [0.717, 1.165) is 0 Å². The Morgan fingerprint density at radius 1 is 1.38 bits per heavy atom. The van der Waals surface area contributed by atoms with Crippen LogP contribution in [0.15, 0.2) is 29.4 Å². The molecule has 1 fully saturated rings. The fraction of sp³-hybridized carbons (Fsp3) is 0.375. The molecule has 138 valence electrons. The van der Waals surface area contributed by atoms with E-state index in [4.69, 9.17) is 16.3 Å². The molecule has 1 atom stereocenters. The predicted octanol–water partition coefficient (Wildman–Crippen LogP) is 2.08. The van der Waals surface area contributed by atoms with Crippen LogP contribution in [-0.4, -0.2) is 49.9 Å². The average molecular weight is 396 g/mol. The lowest BCUT2D eigenvalue weighted by molar-refractivity contribution is -0.126. The number of hydrogen-bond donors (Lipinski definition) is 1. The minimum Gasteiger partial charge on any atom is -0.486 e. The number of carbonyl (C=O) groups excluding carboxylic acids is 2. The van der Waals surface area contributed by atoms with Gasteiger partial charge in [-0.1, -0.05) is 23.4 Å². The van der Waals surface area contributed by atoms with Crippen molar-refractivity contribution in [3.63, 3.8) is 0 Å². The molecule has 8 nitrogen and oxygen atoms in total. The molecule has 1 aliphatic heterocycles. The summed E-state index contributed by atoms with van der Waals surface area (Å²) >= 11 is 7.10. The SMILES string of the molecule is C[C@H](Sc1nnc(COc2ccc(Cl)cc2)n1C)C(=O)N1CCNC1=O. The molecule has 10 heteroatoms. The fourth-order valence-electron chi connectivity index (χ4n) is 2.36. The van der Waals surface area contributed by atoms with E-state index >= 15 is 0 Å². The molecule has 0 spiro atoms. The number of halogens is 1. The topological polar surface area (TPSA) is 89.3 Å². The third-order valence-electron chi connectivity index (χ3n) is 3.86. The highest BCUT2D eigenvalue weighted by molar-refractivity contribution is 8.00. The zero-order valence-corrected chi connectivity index (χ0v) is 15.9. The average Bonchev–Trinajstić information content (AvgIpc) is 3.20. The zero-order chi connectivity index (χ0) is 18.7. The van der Waals surface area contributed by atoms with Gasteiger partial charge in [0, 0.05) is 25.2 Å². The molecule has 0 saturated carbocycles. The number of hydrogen-bond acceptors (Lipinski definition) is 6. The minimum absolute atomic E-state index is 0.239. The number of carbonyl (C=O) groups is 2. The Kier molecular flexibility index (Phi) is 5.67. The van der Waals surface area contributed by atoms with Gasteiger partial charge in [0.2, 0.25) is 5.91 Å². The molecule has 0 bridgehead atoms. The number of amides is 3. The van der Waals surface area contributed by atoms with Crippen molar-refractivity contribution in [3.05, 3.63) is 35.1 Å². The molecule has 1 aromatic carbocycles. The largest absolute Gasteiger partial charge is 0.486 e. The van der Waals surface area contributed by atoms with Crippen LogP contribution >= 0.6 is 23.4 Å². The summed E-state index contributed by atoms with van der Waals surface area (Å²) in [4.78, 5) is 25.2. The summed E-state index contributed by atoms with van der Waals surface area (Å²) in [6, 6.07) is 6.69. The number of aromatic nitrogens is 3. The van der Waals surface area contributed by atoms with Crippen LogP contribution in [0.3, 0.4) is 0 Å². The van der Waals surface area contributed by atoms with E-state index in [1.54, 1.807) is 35.8 Å². The van der Waals surface area contributed by atoms with Crippen LogP contribution in [0, 0.1) is 0 Å². The van der Waals surface area contributed by atoms with Crippen molar-refractivity contribution in [3.8, 4) is 5.75 Å². The predicted molar refractivity (Wildman–Crippen MR) is 97.2 cm³/mol. The van der Waals surface area contributed by atoms with Gasteiger partial charge in [-0.15, -0.1) is 10.2 Å². The third-order valence-corrected chi connectivity index (χ3v) is 5.23. The molecule has 3 rings (SSSR count). The van der Waals surface area contributed by atoms with Gasteiger partial charge in [0.1, 0.15) is 12.4 Å². The standard InChI is InChI=1S/C16H18ClN5O3S/c1-10(14(23)22-8-7-18-15(22)24)26-16-20-19-13(21(16)2)9-25-12-5-3-11(17)4-6-12/h3-6,10H,7-9H2,1-2H3,(H,18,24)/t10-/m0/s1. The maximum Gasteiger partial charge on any atom is 0.324 e. The number of nitrogens with one attached hydrogen (secondary N) is 1. The van der Waals surface area contributed by atoms with Gasteiger partial charge in [-0.25, -0.2) is 4.79 Å². The van der Waals surface area contributed by atoms with Crippen molar-refractivity contribution < 1.29 is 14.3 Å². The molecule has 0 unspecified atom stereocenters. The number of ether oxygens (including phenoxy) is 1. The van der Waals surface area contributed by atoms with Gasteiger partial charge in [0.25, 0.3) is 0 Å². The van der Waals surface area contributed by atoms with Gasteiger partial charge in [0.15, 0.2) is 11.0 Å². The zero-order valence-electron chi connectivity index (χ0n) is 14.3. The number of nitrogens with zero attached hydrogens (tertiary/aromatic N) is 4. The number of urea groups is 1. The number of benzene rings is 1. The molecule has 1 aromatic heterocycles. The van der Waals surface area contributed by atoms with Gasteiger partial charge in [-0.2, -0.15) is 0 Å². The molecule has 26 heavy (non-hydrogen) atoms. The Balaban J connectivity index is 1.60. The van der Waals surface area contributed by atoms with Gasteiger partial charge < -0.3 is 14.6 Å². The Labute approximate surface area is 159 Å². The molecule has 1 saturated heterocycles. The lowest BCUT2D eigenvalue weighted by Crippen LogP contribution is -2.39. The van der Waals surface area contributed by atoms with Gasteiger partial charge in [0.05, 0.1) is 5.25 Å². The fourth-order valence-corrected chi connectivity index (χ4v) is 3.38. The molecule has 2 aromatic rings. The smallest absolute Gasteiger partial charge is 0.324 e. The summed E-state index contributed by atoms with van der Waals surface area (Å²) in [5, 5.41) is 11.6. The maximum absolute atomic E-state index is 12.4. The van der Waals surface area contributed by atoms with E-state index in [2.05, 4.69) is 15.5 Å². The maximum atomic E-state index is 12.4. The van der Waals surface area contributed by atoms with Crippen LogP contribution in [0.5, 0.6) is 5.75 Å². The molecule has 1 N–H and O–H groups in total. The second kappa shape index (κ2) is 7.96. The number of imide groups is 1. The molecule has 2 heterocycles. The van der Waals surface area contributed by atoms with E-state index in [-0.39, 0.29) is 18.5 Å². The van der Waals surface area contributed by atoms with E-state index in [0.29, 0.717) is 34.8 Å². The summed E-state index contributed by atoms with van der Waals surface area (Å²) in [7, 11) is 1.81. The quantitative estimate of drug-likeness (QED) is 0.753. The second-order valence-corrected chi connectivity index (χ2v) is 7.43. The Bertz CT molecular complexity index is 811. The first-order chi connectivity index (χ1) is 12.5. The summed E-state index contributed by atoms with van der Waals surface area (Å²) in [6.45, 7) is 2.86. The molecule has 0 radical (unpaired) electrons. The van der Waals surface area contributed by atoms with Crippen LogP contribution in [-0.2, 0) is 18.4 Å². The van der Waals surface area contributed by atoms with Crippen LogP contribution in [0.2, 0.25) is 5.02 Å². The normalized spacial score (nSPS) is 15.0. The first-order valence-corrected chi connectivity index (χ1v) is 9.24. The van der Waals surface area contributed by atoms with Crippen LogP contribution < -0.4 is 10.1 Å². The first-order valence-electron chi connectivity index (χ1n) is 7.98. The summed E-state index contributed by atoms with van der Waals surface area (Å²) < 4.78 is 7.44. The van der Waals surface area contributed by atoms with E-state index in [1.807, 2.05) is 7.05 Å². The summed E-state index contributed by atoms with van der Waals surface area (Å²) in [5.41, 5.74) is 0. The minimum atomic E-state index is -0.452. The van der Waals surface area contributed by atoms with Crippen molar-refractivity contribution in [1.29, 1.82) is 0 Å². The van der Waals surface area contributed by atoms with Gasteiger partial charge in [-0.05, 0) is 31.2 Å².